The van der Waals surface area contributed by atoms with Crippen molar-refractivity contribution in [1.29, 1.82) is 0 Å². The number of non-ortho nitro benzene ring substituents is 1. The van der Waals surface area contributed by atoms with Crippen molar-refractivity contribution >= 4 is 23.4 Å². The summed E-state index contributed by atoms with van der Waals surface area (Å²) in [7, 11) is 0. The van der Waals surface area contributed by atoms with Gasteiger partial charge in [0.15, 0.2) is 5.82 Å². The molecule has 2 aromatic carbocycles. The number of nitrogens with zero attached hydrogens (tertiary/aromatic N) is 3. The molecule has 1 N–H and O–H groups in total. The molecule has 0 spiro atoms. The molecular weight excluding hydrogens is 332 g/mol. The van der Waals surface area contributed by atoms with Crippen LogP contribution in [-0.4, -0.2) is 20.8 Å². The number of nitro groups is 1. The molecular formula is C19H14N4O3. The number of nitrogens with one attached hydrogen (secondary N) is 1. The monoisotopic (exact) mass is 346 g/mol. The summed E-state index contributed by atoms with van der Waals surface area (Å²) in [5.41, 5.74) is 1.87. The van der Waals surface area contributed by atoms with Crippen molar-refractivity contribution < 1.29 is 9.72 Å². The fourth-order valence-electron chi connectivity index (χ4n) is 2.23. The van der Waals surface area contributed by atoms with Crippen LogP contribution in [0.4, 0.5) is 11.4 Å². The van der Waals surface area contributed by atoms with Crippen LogP contribution < -0.4 is 5.32 Å². The van der Waals surface area contributed by atoms with E-state index in [1.807, 2.05) is 30.3 Å². The number of hydrogen-bond donors (Lipinski definition) is 1. The first-order valence-electron chi connectivity index (χ1n) is 7.73. The first kappa shape index (κ1) is 17.0. The molecule has 0 saturated heterocycles. The summed E-state index contributed by atoms with van der Waals surface area (Å²) in [5, 5.41) is 13.4. The van der Waals surface area contributed by atoms with Crippen LogP contribution in [0.15, 0.2) is 73.1 Å². The van der Waals surface area contributed by atoms with Crippen molar-refractivity contribution in [3.8, 4) is 11.4 Å². The molecule has 7 nitrogen and oxygen atoms in total. The number of nitro benzene ring substituents is 1. The van der Waals surface area contributed by atoms with Crippen LogP contribution >= 0.6 is 0 Å². The fraction of sp³-hybridized carbons (Fsp3) is 0. The molecule has 3 rings (SSSR count). The number of benzene rings is 2. The third-order valence-electron chi connectivity index (χ3n) is 3.46. The second-order valence-electron chi connectivity index (χ2n) is 5.34. The molecule has 0 atom stereocenters. The molecule has 7 heteroatoms. The lowest BCUT2D eigenvalue weighted by molar-refractivity contribution is -0.384. The maximum atomic E-state index is 12.0. The molecule has 0 saturated carbocycles. The molecule has 0 aliphatic rings. The minimum Gasteiger partial charge on any atom is -0.320 e. The van der Waals surface area contributed by atoms with E-state index in [-0.39, 0.29) is 11.6 Å². The first-order valence-corrected chi connectivity index (χ1v) is 7.73. The van der Waals surface area contributed by atoms with Crippen LogP contribution in [-0.2, 0) is 4.79 Å². The highest BCUT2D eigenvalue weighted by atomic mass is 16.6. The van der Waals surface area contributed by atoms with E-state index in [0.717, 1.165) is 5.56 Å². The topological polar surface area (TPSA) is 98.0 Å². The predicted octanol–water partition coefficient (Wildman–Crippen LogP) is 3.70. The summed E-state index contributed by atoms with van der Waals surface area (Å²) in [6.07, 6.45) is 5.84. The summed E-state index contributed by atoms with van der Waals surface area (Å²) in [6.45, 7) is 0. The summed E-state index contributed by atoms with van der Waals surface area (Å²) in [4.78, 5) is 30.7. The van der Waals surface area contributed by atoms with E-state index < -0.39 is 4.92 Å². The van der Waals surface area contributed by atoms with E-state index >= 15 is 0 Å². The summed E-state index contributed by atoms with van der Waals surface area (Å²) in [5.74, 6) is 0.184. The van der Waals surface area contributed by atoms with Crippen molar-refractivity contribution in [1.82, 2.24) is 9.97 Å². The van der Waals surface area contributed by atoms with Gasteiger partial charge in [-0.1, -0.05) is 42.5 Å². The van der Waals surface area contributed by atoms with Gasteiger partial charge in [-0.3, -0.25) is 14.9 Å². The third-order valence-corrected chi connectivity index (χ3v) is 3.46. The largest absolute Gasteiger partial charge is 0.320 e. The van der Waals surface area contributed by atoms with Crippen molar-refractivity contribution in [2.45, 2.75) is 0 Å². The van der Waals surface area contributed by atoms with Gasteiger partial charge in [0.1, 0.15) is 0 Å². The van der Waals surface area contributed by atoms with Crippen LogP contribution in [0.2, 0.25) is 0 Å². The van der Waals surface area contributed by atoms with Gasteiger partial charge in [-0.2, -0.15) is 0 Å². The summed E-state index contributed by atoms with van der Waals surface area (Å²) in [6, 6.07) is 15.5. The zero-order chi connectivity index (χ0) is 18.4. The van der Waals surface area contributed by atoms with Gasteiger partial charge in [0.25, 0.3) is 5.69 Å². The standard InChI is InChI=1S/C19H14N4O3/c24-18(10-9-14-5-4-8-17(11-14)23(25)26)22-16-12-20-19(21-13-16)15-6-2-1-3-7-15/h1-13H,(H,22,24)/b10-9+. The Morgan fingerprint density at radius 2 is 1.77 bits per heavy atom. The van der Waals surface area contributed by atoms with Gasteiger partial charge >= 0.3 is 0 Å². The van der Waals surface area contributed by atoms with Crippen LogP contribution in [0.3, 0.4) is 0 Å². The number of amides is 1. The molecule has 0 radical (unpaired) electrons. The Labute approximate surface area is 149 Å². The van der Waals surface area contributed by atoms with E-state index in [2.05, 4.69) is 15.3 Å². The van der Waals surface area contributed by atoms with Gasteiger partial charge in [-0.05, 0) is 11.6 Å². The SMILES string of the molecule is O=C(/C=C/c1cccc([N+](=O)[O-])c1)Nc1cnc(-c2ccccc2)nc1. The number of carbonyl (C=O) groups excluding carboxylic acids is 1. The van der Waals surface area contributed by atoms with Gasteiger partial charge in [0.05, 0.1) is 23.0 Å². The van der Waals surface area contributed by atoms with Gasteiger partial charge in [-0.15, -0.1) is 0 Å². The molecule has 1 heterocycles. The van der Waals surface area contributed by atoms with Crippen molar-refractivity contribution in [2.75, 3.05) is 5.32 Å². The van der Waals surface area contributed by atoms with E-state index in [9.17, 15) is 14.9 Å². The van der Waals surface area contributed by atoms with Crippen LogP contribution in [0.1, 0.15) is 5.56 Å². The average molecular weight is 346 g/mol. The van der Waals surface area contributed by atoms with E-state index in [1.165, 1.54) is 36.7 Å². The van der Waals surface area contributed by atoms with Crippen LogP contribution in [0.25, 0.3) is 17.5 Å². The highest BCUT2D eigenvalue weighted by Gasteiger charge is 2.05. The number of rotatable bonds is 5. The van der Waals surface area contributed by atoms with Gasteiger partial charge < -0.3 is 5.32 Å². The second kappa shape index (κ2) is 7.80. The lowest BCUT2D eigenvalue weighted by atomic mass is 10.2. The van der Waals surface area contributed by atoms with E-state index in [4.69, 9.17) is 0 Å². The van der Waals surface area contributed by atoms with Gasteiger partial charge in [0.2, 0.25) is 5.91 Å². The van der Waals surface area contributed by atoms with Crippen LogP contribution in [0, 0.1) is 10.1 Å². The normalized spacial score (nSPS) is 10.6. The van der Waals surface area contributed by atoms with Crippen molar-refractivity contribution in [3.05, 3.63) is 88.7 Å². The van der Waals surface area contributed by atoms with E-state index in [1.54, 1.807) is 12.1 Å². The number of hydrogen-bond acceptors (Lipinski definition) is 5. The smallest absolute Gasteiger partial charge is 0.270 e. The number of carbonyl (C=O) groups is 1. The highest BCUT2D eigenvalue weighted by molar-refractivity contribution is 6.01. The summed E-state index contributed by atoms with van der Waals surface area (Å²) < 4.78 is 0. The molecule has 0 bridgehead atoms. The molecule has 1 amide bonds. The Balaban J connectivity index is 1.65. The van der Waals surface area contributed by atoms with Gasteiger partial charge in [-0.25, -0.2) is 9.97 Å². The van der Waals surface area contributed by atoms with E-state index in [0.29, 0.717) is 17.1 Å². The maximum absolute atomic E-state index is 12.0. The average Bonchev–Trinajstić information content (AvgIpc) is 2.68. The van der Waals surface area contributed by atoms with Gasteiger partial charge in [0, 0.05) is 23.8 Å². The second-order valence-corrected chi connectivity index (χ2v) is 5.34. The minimum atomic E-state index is -0.483. The quantitative estimate of drug-likeness (QED) is 0.431. The zero-order valence-corrected chi connectivity index (χ0v) is 13.6. The molecule has 128 valence electrons. The van der Waals surface area contributed by atoms with Crippen LogP contribution in [0.5, 0.6) is 0 Å². The Bertz CT molecular complexity index is 954. The fourth-order valence-corrected chi connectivity index (χ4v) is 2.23. The number of anilines is 1. The Hall–Kier alpha value is -3.87. The molecule has 26 heavy (non-hydrogen) atoms. The Kier molecular flexibility index (Phi) is 5.09. The third kappa shape index (κ3) is 4.35. The molecule has 0 aliphatic carbocycles. The van der Waals surface area contributed by atoms with Crippen molar-refractivity contribution in [3.63, 3.8) is 0 Å². The molecule has 3 aromatic rings. The molecule has 0 aliphatic heterocycles. The lowest BCUT2D eigenvalue weighted by Crippen LogP contribution is -2.08. The molecule has 1 aromatic heterocycles. The maximum Gasteiger partial charge on any atom is 0.270 e. The zero-order valence-electron chi connectivity index (χ0n) is 13.6. The number of aromatic nitrogens is 2. The molecule has 0 unspecified atom stereocenters. The Morgan fingerprint density at radius 3 is 2.46 bits per heavy atom. The summed E-state index contributed by atoms with van der Waals surface area (Å²) >= 11 is 0. The molecule has 0 fully saturated rings. The van der Waals surface area contributed by atoms with Crippen molar-refractivity contribution in [2.24, 2.45) is 0 Å². The predicted molar refractivity (Wildman–Crippen MR) is 98.2 cm³/mol. The first-order chi connectivity index (χ1) is 12.6. The minimum absolute atomic E-state index is 0.0301. The highest BCUT2D eigenvalue weighted by Crippen LogP contribution is 2.16. The lowest BCUT2D eigenvalue weighted by Gasteiger charge is -2.03. The Morgan fingerprint density at radius 1 is 1.04 bits per heavy atom.